The molecule has 29 heavy (non-hydrogen) atoms. The quantitative estimate of drug-likeness (QED) is 0.221. The van der Waals surface area contributed by atoms with Gasteiger partial charge < -0.3 is 4.42 Å². The third-order valence-electron chi connectivity index (χ3n) is 6.05. The van der Waals surface area contributed by atoms with Crippen LogP contribution in [0.3, 0.4) is 0 Å². The Bertz CT molecular complexity index is 1620. The van der Waals surface area contributed by atoms with Gasteiger partial charge in [0, 0.05) is 5.56 Å². The highest BCUT2D eigenvalue weighted by molar-refractivity contribution is 6.33. The van der Waals surface area contributed by atoms with Crippen LogP contribution in [0.2, 0.25) is 0 Å². The van der Waals surface area contributed by atoms with Crippen molar-refractivity contribution in [2.45, 2.75) is 0 Å². The largest absolute Gasteiger partial charge is 0.436 e. The summed E-state index contributed by atoms with van der Waals surface area (Å²) in [5.74, 6) is 0.673. The van der Waals surface area contributed by atoms with Crippen molar-refractivity contribution in [3.63, 3.8) is 0 Å². The molecule has 0 bridgehead atoms. The van der Waals surface area contributed by atoms with Crippen molar-refractivity contribution in [1.82, 2.24) is 4.98 Å². The Kier molecular flexibility index (Phi) is 2.77. The fourth-order valence-corrected chi connectivity index (χ4v) is 4.82. The van der Waals surface area contributed by atoms with Gasteiger partial charge in [-0.05, 0) is 61.3 Å². The maximum Gasteiger partial charge on any atom is 0.227 e. The Morgan fingerprint density at radius 3 is 1.97 bits per heavy atom. The van der Waals surface area contributed by atoms with Crippen molar-refractivity contribution in [1.29, 1.82) is 0 Å². The Morgan fingerprint density at radius 1 is 0.517 bits per heavy atom. The summed E-state index contributed by atoms with van der Waals surface area (Å²) in [6, 6.07) is 32.0. The van der Waals surface area contributed by atoms with Crippen LogP contribution in [0.25, 0.3) is 65.6 Å². The highest BCUT2D eigenvalue weighted by Crippen LogP contribution is 2.42. The maximum atomic E-state index is 6.11. The molecule has 0 fully saturated rings. The molecule has 0 saturated heterocycles. The summed E-state index contributed by atoms with van der Waals surface area (Å²) in [5.41, 5.74) is 2.74. The predicted molar refractivity (Wildman–Crippen MR) is 121 cm³/mol. The topological polar surface area (TPSA) is 26.0 Å². The number of hydrogen-bond donors (Lipinski definition) is 0. The number of rotatable bonds is 1. The fourth-order valence-electron chi connectivity index (χ4n) is 4.82. The van der Waals surface area contributed by atoms with Crippen LogP contribution < -0.4 is 0 Å². The maximum absolute atomic E-state index is 6.11. The Labute approximate surface area is 166 Å². The van der Waals surface area contributed by atoms with Gasteiger partial charge in [0.1, 0.15) is 5.52 Å². The van der Waals surface area contributed by atoms with E-state index in [1.54, 1.807) is 0 Å². The van der Waals surface area contributed by atoms with E-state index in [4.69, 9.17) is 9.40 Å². The molecule has 0 aliphatic carbocycles. The molecule has 0 N–H and O–H groups in total. The summed E-state index contributed by atoms with van der Waals surface area (Å²) in [7, 11) is 0. The first-order valence-electron chi connectivity index (χ1n) is 9.83. The van der Waals surface area contributed by atoms with Gasteiger partial charge in [-0.3, -0.25) is 0 Å². The normalized spacial score (nSPS) is 12.1. The zero-order valence-electron chi connectivity index (χ0n) is 15.5. The van der Waals surface area contributed by atoms with E-state index in [9.17, 15) is 0 Å². The minimum atomic E-state index is 0.673. The monoisotopic (exact) mass is 369 g/mol. The molecule has 0 radical (unpaired) electrons. The van der Waals surface area contributed by atoms with Crippen molar-refractivity contribution in [3.8, 4) is 11.5 Å². The van der Waals surface area contributed by atoms with Crippen molar-refractivity contribution in [2.24, 2.45) is 0 Å². The Hall–Kier alpha value is -3.91. The smallest absolute Gasteiger partial charge is 0.227 e. The number of aromatic nitrogens is 1. The number of benzene rings is 6. The van der Waals surface area contributed by atoms with E-state index in [1.165, 1.54) is 43.1 Å². The molecule has 2 nitrogen and oxygen atoms in total. The van der Waals surface area contributed by atoms with Gasteiger partial charge in [0.25, 0.3) is 0 Å². The van der Waals surface area contributed by atoms with E-state index in [0.29, 0.717) is 5.89 Å². The molecule has 2 heteroatoms. The second-order valence-corrected chi connectivity index (χ2v) is 7.58. The third-order valence-corrected chi connectivity index (χ3v) is 6.05. The molecule has 0 atom stereocenters. The molecule has 0 aliphatic rings. The van der Waals surface area contributed by atoms with Gasteiger partial charge in [-0.2, -0.15) is 0 Å². The van der Waals surface area contributed by atoms with E-state index in [2.05, 4.69) is 66.7 Å². The molecule has 0 amide bonds. The minimum absolute atomic E-state index is 0.673. The van der Waals surface area contributed by atoms with Crippen LogP contribution in [-0.4, -0.2) is 4.98 Å². The molecule has 0 unspecified atom stereocenters. The average Bonchev–Trinajstić information content (AvgIpc) is 3.21. The SMILES string of the molecule is c1ccc2oc(-c3ccc4c5cccc6cccc(c7cccc3c74)c65)nc2c1. The summed E-state index contributed by atoms with van der Waals surface area (Å²) in [4.78, 5) is 4.75. The van der Waals surface area contributed by atoms with Crippen molar-refractivity contribution >= 4 is 54.2 Å². The van der Waals surface area contributed by atoms with Crippen LogP contribution in [0.15, 0.2) is 95.4 Å². The van der Waals surface area contributed by atoms with Gasteiger partial charge in [0.05, 0.1) is 0 Å². The fraction of sp³-hybridized carbons (Fsp3) is 0. The van der Waals surface area contributed by atoms with Gasteiger partial charge in [0.15, 0.2) is 5.58 Å². The number of nitrogens with zero attached hydrogens (tertiary/aromatic N) is 1. The van der Waals surface area contributed by atoms with Gasteiger partial charge in [0.2, 0.25) is 5.89 Å². The molecule has 0 aliphatic heterocycles. The molecule has 0 saturated carbocycles. The lowest BCUT2D eigenvalue weighted by atomic mass is 9.88. The van der Waals surface area contributed by atoms with Crippen LogP contribution in [0.1, 0.15) is 0 Å². The zero-order chi connectivity index (χ0) is 18.9. The summed E-state index contributed by atoms with van der Waals surface area (Å²) in [6.07, 6.45) is 0. The Morgan fingerprint density at radius 2 is 1.17 bits per heavy atom. The summed E-state index contributed by atoms with van der Waals surface area (Å²) in [6.45, 7) is 0. The number of fused-ring (bicyclic) bond motifs is 3. The lowest BCUT2D eigenvalue weighted by Gasteiger charge is -2.15. The van der Waals surface area contributed by atoms with Crippen molar-refractivity contribution in [3.05, 3.63) is 91.0 Å². The van der Waals surface area contributed by atoms with Crippen LogP contribution in [0, 0.1) is 0 Å². The highest BCUT2D eigenvalue weighted by Gasteiger charge is 2.17. The lowest BCUT2D eigenvalue weighted by Crippen LogP contribution is -1.89. The molecule has 0 spiro atoms. The first-order chi connectivity index (χ1) is 14.4. The van der Waals surface area contributed by atoms with E-state index >= 15 is 0 Å². The van der Waals surface area contributed by atoms with Crippen LogP contribution >= 0.6 is 0 Å². The van der Waals surface area contributed by atoms with Crippen LogP contribution in [0.5, 0.6) is 0 Å². The number of hydrogen-bond acceptors (Lipinski definition) is 2. The zero-order valence-corrected chi connectivity index (χ0v) is 15.5. The summed E-state index contributed by atoms with van der Waals surface area (Å²) >= 11 is 0. The van der Waals surface area contributed by atoms with E-state index in [0.717, 1.165) is 16.7 Å². The summed E-state index contributed by atoms with van der Waals surface area (Å²) in [5, 5.41) is 10.2. The van der Waals surface area contributed by atoms with E-state index < -0.39 is 0 Å². The van der Waals surface area contributed by atoms with Gasteiger partial charge in [-0.1, -0.05) is 72.8 Å². The number of para-hydroxylation sites is 2. The third kappa shape index (κ3) is 1.93. The second kappa shape index (κ2) is 5.33. The first-order valence-corrected chi connectivity index (χ1v) is 9.83. The standard InChI is InChI=1S/C27H15NO/c1-2-13-24-23(12-1)28-27(29-24)22-15-14-21-18-9-4-7-16-6-3-8-17(25(16)18)19-10-5-11-20(22)26(19)21/h1-15H. The average molecular weight is 369 g/mol. The highest BCUT2D eigenvalue weighted by atomic mass is 16.3. The van der Waals surface area contributed by atoms with Crippen molar-refractivity contribution in [2.75, 3.05) is 0 Å². The van der Waals surface area contributed by atoms with Crippen LogP contribution in [-0.2, 0) is 0 Å². The van der Waals surface area contributed by atoms with Gasteiger partial charge >= 0.3 is 0 Å². The van der Waals surface area contributed by atoms with E-state index in [-0.39, 0.29) is 0 Å². The molecular formula is C27H15NO. The summed E-state index contributed by atoms with van der Waals surface area (Å²) < 4.78 is 6.11. The molecule has 134 valence electrons. The van der Waals surface area contributed by atoms with Gasteiger partial charge in [-0.25, -0.2) is 4.98 Å². The molecule has 7 rings (SSSR count). The van der Waals surface area contributed by atoms with Gasteiger partial charge in [-0.15, -0.1) is 0 Å². The minimum Gasteiger partial charge on any atom is -0.436 e. The second-order valence-electron chi connectivity index (χ2n) is 7.58. The van der Waals surface area contributed by atoms with E-state index in [1.807, 2.05) is 24.3 Å². The molecular weight excluding hydrogens is 354 g/mol. The molecule has 7 aromatic rings. The number of oxazole rings is 1. The molecule has 1 heterocycles. The molecule has 1 aromatic heterocycles. The van der Waals surface area contributed by atoms with Crippen LogP contribution in [0.4, 0.5) is 0 Å². The Balaban J connectivity index is 1.69. The molecule has 6 aromatic carbocycles. The lowest BCUT2D eigenvalue weighted by molar-refractivity contribution is 0.620. The predicted octanol–water partition coefficient (Wildman–Crippen LogP) is 7.55. The van der Waals surface area contributed by atoms with Crippen molar-refractivity contribution < 1.29 is 4.42 Å². The first kappa shape index (κ1) is 15.1.